The van der Waals surface area contributed by atoms with Gasteiger partial charge in [-0.25, -0.2) is 0 Å². The predicted octanol–water partition coefficient (Wildman–Crippen LogP) is 1.56. The summed E-state index contributed by atoms with van der Waals surface area (Å²) in [7, 11) is 0. The fourth-order valence-corrected chi connectivity index (χ4v) is 1.32. The number of nitrogens with zero attached hydrogens (tertiary/aromatic N) is 1. The highest BCUT2D eigenvalue weighted by molar-refractivity contribution is 5.60. The highest BCUT2D eigenvalue weighted by atomic mass is 16.6. The first kappa shape index (κ1) is 5.99. The van der Waals surface area contributed by atoms with Gasteiger partial charge in [0.1, 0.15) is 0 Å². The van der Waals surface area contributed by atoms with Gasteiger partial charge in [-0.2, -0.15) is 0 Å². The Morgan fingerprint density at radius 2 is 2.58 bits per heavy atom. The topological polar surface area (TPSA) is 55.2 Å². The zero-order valence-electron chi connectivity index (χ0n) is 7.33. The largest absolute Gasteiger partial charge is 0.384 e. The smallest absolute Gasteiger partial charge is 0.271 e. The SMILES string of the molecule is [2H]c1cc2c(cc1[N+](=O)[O-])NCC2. The van der Waals surface area contributed by atoms with Gasteiger partial charge in [-0.05, 0) is 12.0 Å². The van der Waals surface area contributed by atoms with Crippen molar-refractivity contribution in [3.8, 4) is 0 Å². The Hall–Kier alpha value is -1.58. The molecule has 0 fully saturated rings. The van der Waals surface area contributed by atoms with Crippen LogP contribution < -0.4 is 5.32 Å². The Balaban J connectivity index is 2.55. The minimum atomic E-state index is -0.525. The van der Waals surface area contributed by atoms with Crippen LogP contribution in [0.2, 0.25) is 0 Å². The molecule has 2 rings (SSSR count). The predicted molar refractivity (Wildman–Crippen MR) is 45.3 cm³/mol. The monoisotopic (exact) mass is 165 g/mol. The van der Waals surface area contributed by atoms with Crippen molar-refractivity contribution in [1.29, 1.82) is 0 Å². The molecule has 0 bridgehead atoms. The van der Waals surface area contributed by atoms with E-state index in [9.17, 15) is 10.1 Å². The third-order valence-corrected chi connectivity index (χ3v) is 1.93. The maximum Gasteiger partial charge on any atom is 0.271 e. The molecule has 0 saturated heterocycles. The van der Waals surface area contributed by atoms with E-state index in [2.05, 4.69) is 5.32 Å². The van der Waals surface area contributed by atoms with Crippen LogP contribution in [0.25, 0.3) is 0 Å². The fourth-order valence-electron chi connectivity index (χ4n) is 1.32. The lowest BCUT2D eigenvalue weighted by atomic mass is 10.1. The summed E-state index contributed by atoms with van der Waals surface area (Å²) in [5, 5.41) is 13.5. The number of hydrogen-bond donors (Lipinski definition) is 1. The number of anilines is 1. The van der Waals surface area contributed by atoms with Crippen LogP contribution in [-0.2, 0) is 6.42 Å². The molecule has 12 heavy (non-hydrogen) atoms. The zero-order valence-corrected chi connectivity index (χ0v) is 6.33. The number of nitro benzene ring substituents is 1. The fraction of sp³-hybridized carbons (Fsp3) is 0.250. The molecule has 4 heteroatoms. The number of nitrogens with one attached hydrogen (secondary N) is 1. The van der Waals surface area contributed by atoms with Crippen molar-refractivity contribution in [2.24, 2.45) is 0 Å². The lowest BCUT2D eigenvalue weighted by Gasteiger charge is -1.97. The van der Waals surface area contributed by atoms with E-state index in [0.29, 0.717) is 0 Å². The summed E-state index contributed by atoms with van der Waals surface area (Å²) in [6.07, 6.45) is 0.846. The Kier molecular flexibility index (Phi) is 1.24. The van der Waals surface area contributed by atoms with Crippen molar-refractivity contribution >= 4 is 11.4 Å². The first-order valence-corrected chi connectivity index (χ1v) is 3.70. The first-order valence-electron chi connectivity index (χ1n) is 4.20. The van der Waals surface area contributed by atoms with Crippen molar-refractivity contribution in [3.05, 3.63) is 33.9 Å². The molecule has 1 aliphatic rings. The number of nitro groups is 1. The third-order valence-electron chi connectivity index (χ3n) is 1.93. The van der Waals surface area contributed by atoms with Crippen molar-refractivity contribution in [3.63, 3.8) is 0 Å². The molecule has 1 N–H and O–H groups in total. The standard InChI is InChI=1S/C8H8N2O2/c11-10(12)7-2-1-6-3-4-9-8(6)5-7/h1-2,5,9H,3-4H2/i2D. The van der Waals surface area contributed by atoms with Gasteiger partial charge in [0.25, 0.3) is 5.69 Å². The summed E-state index contributed by atoms with van der Waals surface area (Å²) in [4.78, 5) is 9.95. The molecule has 0 aromatic heterocycles. The Bertz CT molecular complexity index is 379. The first-order chi connectivity index (χ1) is 6.18. The van der Waals surface area contributed by atoms with Crippen molar-refractivity contribution in [1.82, 2.24) is 0 Å². The van der Waals surface area contributed by atoms with Gasteiger partial charge < -0.3 is 5.32 Å². The van der Waals surface area contributed by atoms with E-state index in [1.54, 1.807) is 6.07 Å². The van der Waals surface area contributed by atoms with Crippen LogP contribution >= 0.6 is 0 Å². The van der Waals surface area contributed by atoms with E-state index in [1.807, 2.05) is 0 Å². The number of rotatable bonds is 1. The summed E-state index contributed by atoms with van der Waals surface area (Å²) in [6, 6.07) is 2.99. The zero-order chi connectivity index (χ0) is 9.42. The second-order valence-electron chi connectivity index (χ2n) is 2.69. The molecule has 1 heterocycles. The van der Waals surface area contributed by atoms with Crippen LogP contribution in [0.4, 0.5) is 11.4 Å². The van der Waals surface area contributed by atoms with E-state index < -0.39 is 4.92 Å². The lowest BCUT2D eigenvalue weighted by Crippen LogP contribution is -1.92. The molecule has 0 radical (unpaired) electrons. The number of fused-ring (bicyclic) bond motifs is 1. The molecule has 1 aromatic rings. The van der Waals surface area contributed by atoms with E-state index in [1.165, 1.54) is 6.07 Å². The molecule has 62 valence electrons. The summed E-state index contributed by atoms with van der Waals surface area (Å²) < 4.78 is 7.40. The molecule has 1 aliphatic heterocycles. The molecule has 0 atom stereocenters. The van der Waals surface area contributed by atoms with Gasteiger partial charge >= 0.3 is 0 Å². The van der Waals surface area contributed by atoms with E-state index in [4.69, 9.17) is 1.37 Å². The Labute approximate surface area is 70.8 Å². The summed E-state index contributed by atoms with van der Waals surface area (Å²) in [5.74, 6) is 0. The minimum absolute atomic E-state index is 0.00699. The second kappa shape index (κ2) is 2.48. The summed E-state index contributed by atoms with van der Waals surface area (Å²) in [5.41, 5.74) is 1.66. The van der Waals surface area contributed by atoms with Crippen molar-refractivity contribution < 1.29 is 6.29 Å². The maximum atomic E-state index is 10.5. The Morgan fingerprint density at radius 3 is 3.33 bits per heavy atom. The van der Waals surface area contributed by atoms with Crippen LogP contribution in [-0.4, -0.2) is 11.5 Å². The maximum absolute atomic E-state index is 10.5. The van der Waals surface area contributed by atoms with Crippen LogP contribution in [0.1, 0.15) is 6.93 Å². The second-order valence-corrected chi connectivity index (χ2v) is 2.69. The molecule has 0 spiro atoms. The van der Waals surface area contributed by atoms with E-state index >= 15 is 0 Å². The normalized spacial score (nSPS) is 14.8. The van der Waals surface area contributed by atoms with Gasteiger partial charge in [0.15, 0.2) is 0 Å². The Morgan fingerprint density at radius 1 is 1.75 bits per heavy atom. The van der Waals surface area contributed by atoms with E-state index in [-0.39, 0.29) is 11.7 Å². The third kappa shape index (κ3) is 1.01. The highest BCUT2D eigenvalue weighted by Crippen LogP contribution is 2.26. The van der Waals surface area contributed by atoms with Crippen LogP contribution in [0, 0.1) is 10.1 Å². The van der Waals surface area contributed by atoms with Crippen molar-refractivity contribution in [2.75, 3.05) is 11.9 Å². The van der Waals surface area contributed by atoms with Crippen LogP contribution in [0.3, 0.4) is 0 Å². The summed E-state index contributed by atoms with van der Waals surface area (Å²) in [6.45, 7) is 0.802. The molecule has 1 aromatic carbocycles. The van der Waals surface area contributed by atoms with Gasteiger partial charge in [-0.15, -0.1) is 0 Å². The average molecular weight is 165 g/mol. The van der Waals surface area contributed by atoms with Gasteiger partial charge in [0, 0.05) is 24.3 Å². The van der Waals surface area contributed by atoms with Gasteiger partial charge in [-0.3, -0.25) is 10.1 Å². The molecule has 0 aliphatic carbocycles. The molecule has 0 unspecified atom stereocenters. The molecular formula is C8H8N2O2. The van der Waals surface area contributed by atoms with Gasteiger partial charge in [-0.1, -0.05) is 6.07 Å². The van der Waals surface area contributed by atoms with Crippen LogP contribution in [0.15, 0.2) is 18.2 Å². The molecule has 4 nitrogen and oxygen atoms in total. The average Bonchev–Trinajstić information content (AvgIpc) is 2.48. The lowest BCUT2D eigenvalue weighted by molar-refractivity contribution is -0.384. The van der Waals surface area contributed by atoms with E-state index in [0.717, 1.165) is 24.2 Å². The highest BCUT2D eigenvalue weighted by Gasteiger charge is 2.13. The van der Waals surface area contributed by atoms with Crippen LogP contribution in [0.5, 0.6) is 0 Å². The minimum Gasteiger partial charge on any atom is -0.384 e. The van der Waals surface area contributed by atoms with Crippen molar-refractivity contribution in [2.45, 2.75) is 6.42 Å². The van der Waals surface area contributed by atoms with Gasteiger partial charge in [0.05, 0.1) is 6.29 Å². The quantitative estimate of drug-likeness (QED) is 0.507. The number of hydrogen-bond acceptors (Lipinski definition) is 3. The molecule has 0 amide bonds. The number of benzene rings is 1. The molecular weight excluding hydrogens is 156 g/mol. The molecule has 0 saturated carbocycles. The summed E-state index contributed by atoms with van der Waals surface area (Å²) >= 11 is 0. The van der Waals surface area contributed by atoms with Gasteiger partial charge in [0.2, 0.25) is 0 Å².